The highest BCUT2D eigenvalue weighted by Crippen LogP contribution is 2.32. The van der Waals surface area contributed by atoms with E-state index in [1.807, 2.05) is 11.0 Å². The van der Waals surface area contributed by atoms with Crippen LogP contribution in [0.4, 0.5) is 0 Å². The Morgan fingerprint density at radius 1 is 1.20 bits per heavy atom. The molecule has 4 nitrogen and oxygen atoms in total. The number of carbonyl (C=O) groups is 1. The van der Waals surface area contributed by atoms with Gasteiger partial charge in [-0.2, -0.15) is 0 Å². The van der Waals surface area contributed by atoms with Crippen LogP contribution in [0.1, 0.15) is 35.8 Å². The lowest BCUT2D eigenvalue weighted by Crippen LogP contribution is -2.38. The highest BCUT2D eigenvalue weighted by molar-refractivity contribution is 6.37. The van der Waals surface area contributed by atoms with Crippen LogP contribution in [0.15, 0.2) is 36.5 Å². The summed E-state index contributed by atoms with van der Waals surface area (Å²) in [6.07, 6.45) is 3.76. The number of amides is 1. The number of halogens is 2. The molecular weight excluding hydrogens is 359 g/mol. The van der Waals surface area contributed by atoms with Crippen LogP contribution in [0, 0.1) is 5.92 Å². The van der Waals surface area contributed by atoms with Crippen LogP contribution >= 0.6 is 23.2 Å². The summed E-state index contributed by atoms with van der Waals surface area (Å²) in [5.74, 6) is 1.13. The normalized spacial score (nSPS) is 15.2. The Morgan fingerprint density at radius 2 is 1.88 bits per heavy atom. The van der Waals surface area contributed by atoms with E-state index in [1.54, 1.807) is 30.5 Å². The van der Waals surface area contributed by atoms with E-state index >= 15 is 0 Å². The second-order valence-corrected chi connectivity index (χ2v) is 7.18. The van der Waals surface area contributed by atoms with Crippen molar-refractivity contribution in [2.45, 2.75) is 26.4 Å². The van der Waals surface area contributed by atoms with Crippen molar-refractivity contribution in [3.05, 3.63) is 57.8 Å². The molecule has 1 aromatic carbocycles. The van der Waals surface area contributed by atoms with Crippen LogP contribution in [-0.4, -0.2) is 28.9 Å². The Morgan fingerprint density at radius 3 is 2.48 bits per heavy atom. The fourth-order valence-corrected chi connectivity index (χ4v) is 3.29. The molecule has 132 valence electrons. The Bertz CT molecular complexity index is 721. The standard InChI is InChI=1S/C19H20Cl2N2O2/c1-13-7-9-23(10-8-13)19(24)17-6-5-14(11-22-17)12-25-18-15(20)3-2-4-16(18)21/h2-6,11,13H,7-10,12H2,1H3. The SMILES string of the molecule is CC1CCN(C(=O)c2ccc(COc3c(Cl)cccc3Cl)cn2)CC1. The number of aromatic nitrogens is 1. The highest BCUT2D eigenvalue weighted by Gasteiger charge is 2.22. The van der Waals surface area contributed by atoms with E-state index in [0.29, 0.717) is 27.4 Å². The molecule has 0 N–H and O–H groups in total. The van der Waals surface area contributed by atoms with Gasteiger partial charge in [0.1, 0.15) is 12.3 Å². The predicted octanol–water partition coefficient (Wildman–Crippen LogP) is 4.84. The topological polar surface area (TPSA) is 42.4 Å². The molecule has 25 heavy (non-hydrogen) atoms. The monoisotopic (exact) mass is 378 g/mol. The summed E-state index contributed by atoms with van der Waals surface area (Å²) in [5.41, 5.74) is 1.31. The fraction of sp³-hybridized carbons (Fsp3) is 0.368. The number of hydrogen-bond acceptors (Lipinski definition) is 3. The van der Waals surface area contributed by atoms with Crippen molar-refractivity contribution in [3.63, 3.8) is 0 Å². The second kappa shape index (κ2) is 8.07. The predicted molar refractivity (Wildman–Crippen MR) is 99.3 cm³/mol. The Hall–Kier alpha value is -1.78. The van der Waals surface area contributed by atoms with Gasteiger partial charge in [-0.15, -0.1) is 0 Å². The molecule has 3 rings (SSSR count). The van der Waals surface area contributed by atoms with Crippen LogP contribution in [-0.2, 0) is 6.61 Å². The summed E-state index contributed by atoms with van der Waals surface area (Å²) >= 11 is 12.2. The molecular formula is C19H20Cl2N2O2. The summed E-state index contributed by atoms with van der Waals surface area (Å²) in [4.78, 5) is 18.7. The number of benzene rings is 1. The van der Waals surface area contributed by atoms with E-state index in [4.69, 9.17) is 27.9 Å². The number of hydrogen-bond donors (Lipinski definition) is 0. The van der Waals surface area contributed by atoms with Crippen LogP contribution in [0.3, 0.4) is 0 Å². The first-order chi connectivity index (χ1) is 12.0. The minimum Gasteiger partial charge on any atom is -0.486 e. The summed E-state index contributed by atoms with van der Waals surface area (Å²) in [7, 11) is 0. The van der Waals surface area contributed by atoms with E-state index < -0.39 is 0 Å². The van der Waals surface area contributed by atoms with Crippen LogP contribution in [0.5, 0.6) is 5.75 Å². The van der Waals surface area contributed by atoms with Crippen molar-refractivity contribution >= 4 is 29.1 Å². The number of nitrogens with zero attached hydrogens (tertiary/aromatic N) is 2. The molecule has 0 spiro atoms. The van der Waals surface area contributed by atoms with E-state index in [2.05, 4.69) is 11.9 Å². The molecule has 2 heterocycles. The van der Waals surface area contributed by atoms with Gasteiger partial charge in [0.25, 0.3) is 5.91 Å². The Kier molecular flexibility index (Phi) is 5.82. The lowest BCUT2D eigenvalue weighted by atomic mass is 9.99. The zero-order valence-corrected chi connectivity index (χ0v) is 15.6. The number of para-hydroxylation sites is 1. The summed E-state index contributed by atoms with van der Waals surface area (Å²) in [5, 5.41) is 0.929. The van der Waals surface area contributed by atoms with Gasteiger partial charge in [-0.1, -0.05) is 42.3 Å². The minimum atomic E-state index is -0.00600. The second-order valence-electron chi connectivity index (χ2n) is 6.37. The molecule has 1 aliphatic rings. The third-order valence-electron chi connectivity index (χ3n) is 4.42. The van der Waals surface area contributed by atoms with Crippen molar-refractivity contribution in [1.29, 1.82) is 0 Å². The van der Waals surface area contributed by atoms with Gasteiger partial charge in [0.05, 0.1) is 10.0 Å². The van der Waals surface area contributed by atoms with Crippen LogP contribution in [0.2, 0.25) is 10.0 Å². The number of ether oxygens (including phenoxy) is 1. The van der Waals surface area contributed by atoms with Gasteiger partial charge in [0.15, 0.2) is 5.75 Å². The molecule has 1 aromatic heterocycles. The first-order valence-electron chi connectivity index (χ1n) is 8.35. The number of pyridine rings is 1. The van der Waals surface area contributed by atoms with Crippen molar-refractivity contribution < 1.29 is 9.53 Å². The molecule has 0 atom stereocenters. The van der Waals surface area contributed by atoms with Crippen molar-refractivity contribution in [1.82, 2.24) is 9.88 Å². The molecule has 1 fully saturated rings. The van der Waals surface area contributed by atoms with Gasteiger partial charge in [0, 0.05) is 24.8 Å². The molecule has 0 saturated carbocycles. The maximum atomic E-state index is 12.5. The number of likely N-dealkylation sites (tertiary alicyclic amines) is 1. The highest BCUT2D eigenvalue weighted by atomic mass is 35.5. The maximum Gasteiger partial charge on any atom is 0.272 e. The maximum absolute atomic E-state index is 12.5. The third-order valence-corrected chi connectivity index (χ3v) is 5.01. The molecule has 2 aromatic rings. The molecule has 1 aliphatic heterocycles. The fourth-order valence-electron chi connectivity index (χ4n) is 2.79. The van der Waals surface area contributed by atoms with Crippen LogP contribution in [0.25, 0.3) is 0 Å². The van der Waals surface area contributed by atoms with Gasteiger partial charge >= 0.3 is 0 Å². The summed E-state index contributed by atoms with van der Waals surface area (Å²) < 4.78 is 5.68. The molecule has 6 heteroatoms. The van der Waals surface area contributed by atoms with Gasteiger partial charge < -0.3 is 9.64 Å². The smallest absolute Gasteiger partial charge is 0.272 e. The van der Waals surface area contributed by atoms with Gasteiger partial charge in [-0.05, 0) is 37.0 Å². The average Bonchev–Trinajstić information content (AvgIpc) is 2.62. The Labute approximate surface area is 157 Å². The lowest BCUT2D eigenvalue weighted by molar-refractivity contribution is 0.0691. The Balaban J connectivity index is 1.61. The van der Waals surface area contributed by atoms with E-state index in [0.717, 1.165) is 31.5 Å². The largest absolute Gasteiger partial charge is 0.486 e. The van der Waals surface area contributed by atoms with Crippen molar-refractivity contribution in [2.24, 2.45) is 5.92 Å². The minimum absolute atomic E-state index is 0.00600. The van der Waals surface area contributed by atoms with E-state index in [9.17, 15) is 4.79 Å². The average molecular weight is 379 g/mol. The first-order valence-corrected chi connectivity index (χ1v) is 9.11. The van der Waals surface area contributed by atoms with E-state index in [1.165, 1.54) is 0 Å². The van der Waals surface area contributed by atoms with Crippen molar-refractivity contribution in [2.75, 3.05) is 13.1 Å². The van der Waals surface area contributed by atoms with Gasteiger partial charge in [0.2, 0.25) is 0 Å². The molecule has 0 unspecified atom stereocenters. The number of carbonyl (C=O) groups excluding carboxylic acids is 1. The van der Waals surface area contributed by atoms with Gasteiger partial charge in [-0.25, -0.2) is 0 Å². The molecule has 0 bridgehead atoms. The third kappa shape index (κ3) is 4.44. The first kappa shape index (κ1) is 18.0. The molecule has 1 amide bonds. The quantitative estimate of drug-likeness (QED) is 0.764. The molecule has 0 radical (unpaired) electrons. The van der Waals surface area contributed by atoms with Crippen molar-refractivity contribution in [3.8, 4) is 5.75 Å². The number of rotatable bonds is 4. The number of piperidine rings is 1. The lowest BCUT2D eigenvalue weighted by Gasteiger charge is -2.30. The molecule has 0 aliphatic carbocycles. The van der Waals surface area contributed by atoms with Gasteiger partial charge in [-0.3, -0.25) is 9.78 Å². The van der Waals surface area contributed by atoms with E-state index in [-0.39, 0.29) is 12.5 Å². The molecule has 1 saturated heterocycles. The zero-order valence-electron chi connectivity index (χ0n) is 14.0. The van der Waals surface area contributed by atoms with Crippen LogP contribution < -0.4 is 4.74 Å². The zero-order chi connectivity index (χ0) is 17.8. The summed E-state index contributed by atoms with van der Waals surface area (Å²) in [6.45, 7) is 4.11. The summed E-state index contributed by atoms with van der Waals surface area (Å²) in [6, 6.07) is 8.80.